The lowest BCUT2D eigenvalue weighted by Crippen LogP contribution is -2.31. The van der Waals surface area contributed by atoms with Crippen LogP contribution in [-0.2, 0) is 19.6 Å². The highest BCUT2D eigenvalue weighted by Gasteiger charge is 2.13. The molecular weight excluding hydrogens is 234 g/mol. The van der Waals surface area contributed by atoms with E-state index in [9.17, 15) is 13.2 Å². The average molecular weight is 253 g/mol. The number of carbonyl (C=O) groups is 1. The monoisotopic (exact) mass is 253 g/mol. The van der Waals surface area contributed by atoms with Crippen LogP contribution in [0.5, 0.6) is 0 Å². The molecule has 0 fully saturated rings. The van der Waals surface area contributed by atoms with Crippen molar-refractivity contribution in [2.45, 2.75) is 26.2 Å². The molecule has 0 heterocycles. The summed E-state index contributed by atoms with van der Waals surface area (Å²) in [5, 5.41) is 8.31. The van der Waals surface area contributed by atoms with E-state index in [0.29, 0.717) is 19.6 Å². The van der Waals surface area contributed by atoms with E-state index in [1.807, 2.05) is 0 Å². The van der Waals surface area contributed by atoms with Gasteiger partial charge < -0.3 is 9.84 Å². The number of hydrogen-bond acceptors (Lipinski definition) is 4. The molecule has 0 aliphatic carbocycles. The smallest absolute Gasteiger partial charge is 0.320 e. The van der Waals surface area contributed by atoms with Crippen molar-refractivity contribution < 1.29 is 23.1 Å². The van der Waals surface area contributed by atoms with Crippen LogP contribution in [0.4, 0.5) is 0 Å². The zero-order chi connectivity index (χ0) is 12.4. The number of aliphatic carboxylic acids is 1. The van der Waals surface area contributed by atoms with Crippen molar-refractivity contribution >= 4 is 16.0 Å². The first-order chi connectivity index (χ1) is 7.48. The minimum Gasteiger partial charge on any atom is -0.480 e. The molecule has 0 spiro atoms. The van der Waals surface area contributed by atoms with Crippen molar-refractivity contribution in [3.63, 3.8) is 0 Å². The maximum Gasteiger partial charge on any atom is 0.320 e. The number of unbranched alkanes of at least 4 members (excludes halogenated alkanes) is 1. The molecule has 0 amide bonds. The Kier molecular flexibility index (Phi) is 8.14. The molecule has 0 bridgehead atoms. The molecule has 0 saturated heterocycles. The number of hydrogen-bond donors (Lipinski definition) is 2. The molecule has 0 aromatic carbocycles. The topological polar surface area (TPSA) is 92.7 Å². The quantitative estimate of drug-likeness (QED) is 0.542. The fourth-order valence-corrected chi connectivity index (χ4v) is 1.85. The normalized spacial score (nSPS) is 11.6. The molecule has 16 heavy (non-hydrogen) atoms. The third kappa shape index (κ3) is 9.88. The van der Waals surface area contributed by atoms with E-state index in [4.69, 9.17) is 9.84 Å². The third-order valence-corrected chi connectivity index (χ3v) is 3.01. The van der Waals surface area contributed by atoms with E-state index >= 15 is 0 Å². The van der Waals surface area contributed by atoms with Gasteiger partial charge in [0.2, 0.25) is 10.0 Å². The van der Waals surface area contributed by atoms with Crippen LogP contribution < -0.4 is 4.72 Å². The second-order valence-electron chi connectivity index (χ2n) is 3.37. The molecule has 0 unspecified atom stereocenters. The average Bonchev–Trinajstić information content (AvgIpc) is 2.14. The lowest BCUT2D eigenvalue weighted by molar-refractivity contribution is -0.134. The molecule has 96 valence electrons. The Morgan fingerprint density at radius 3 is 2.50 bits per heavy atom. The number of nitrogens with one attached hydrogen (secondary N) is 1. The second kappa shape index (κ2) is 8.49. The Labute approximate surface area is 96.0 Å². The van der Waals surface area contributed by atoms with Gasteiger partial charge in [0.1, 0.15) is 0 Å². The second-order valence-corrected chi connectivity index (χ2v) is 5.17. The summed E-state index contributed by atoms with van der Waals surface area (Å²) in [4.78, 5) is 10.2. The van der Waals surface area contributed by atoms with Gasteiger partial charge in [-0.25, -0.2) is 13.1 Å². The van der Waals surface area contributed by atoms with Gasteiger partial charge in [-0.3, -0.25) is 4.79 Å². The molecule has 7 heteroatoms. The summed E-state index contributed by atoms with van der Waals surface area (Å²) in [5.74, 6) is -2.24. The SMILES string of the molecule is CCCCOCCCNS(=O)(=O)CC(=O)O. The lowest BCUT2D eigenvalue weighted by atomic mass is 10.4. The molecule has 0 radical (unpaired) electrons. The van der Waals surface area contributed by atoms with Crippen LogP contribution in [0.3, 0.4) is 0 Å². The zero-order valence-electron chi connectivity index (χ0n) is 9.44. The van der Waals surface area contributed by atoms with Gasteiger partial charge in [0, 0.05) is 19.8 Å². The first-order valence-electron chi connectivity index (χ1n) is 5.25. The van der Waals surface area contributed by atoms with E-state index in [1.165, 1.54) is 0 Å². The molecule has 0 aromatic rings. The summed E-state index contributed by atoms with van der Waals surface area (Å²) in [6.07, 6.45) is 2.60. The molecular formula is C9H19NO5S. The third-order valence-electron chi connectivity index (χ3n) is 1.74. The fourth-order valence-electron chi connectivity index (χ4n) is 0.964. The van der Waals surface area contributed by atoms with Gasteiger partial charge in [0.15, 0.2) is 5.75 Å². The molecule has 2 N–H and O–H groups in total. The molecule has 0 aromatic heterocycles. The predicted octanol–water partition coefficient (Wildman–Crippen LogP) is 0.197. The van der Waals surface area contributed by atoms with E-state index in [2.05, 4.69) is 11.6 Å². The summed E-state index contributed by atoms with van der Waals surface area (Å²) in [7, 11) is -3.68. The summed E-state index contributed by atoms with van der Waals surface area (Å²) in [6.45, 7) is 3.43. The molecule has 0 saturated carbocycles. The number of rotatable bonds is 10. The van der Waals surface area contributed by atoms with Crippen molar-refractivity contribution in [1.82, 2.24) is 4.72 Å². The fraction of sp³-hybridized carbons (Fsp3) is 0.889. The Balaban J connectivity index is 3.47. The van der Waals surface area contributed by atoms with Crippen LogP contribution in [0.2, 0.25) is 0 Å². The Bertz CT molecular complexity index is 288. The summed E-state index contributed by atoms with van der Waals surface area (Å²) in [6, 6.07) is 0. The van der Waals surface area contributed by atoms with Crippen molar-refractivity contribution in [2.75, 3.05) is 25.5 Å². The first kappa shape index (κ1) is 15.3. The molecule has 6 nitrogen and oxygen atoms in total. The van der Waals surface area contributed by atoms with Crippen LogP contribution in [-0.4, -0.2) is 45.0 Å². The standard InChI is InChI=1S/C9H19NO5S/c1-2-3-6-15-7-4-5-10-16(13,14)8-9(11)12/h10H,2-8H2,1H3,(H,11,12). The van der Waals surface area contributed by atoms with Crippen molar-refractivity contribution in [2.24, 2.45) is 0 Å². The lowest BCUT2D eigenvalue weighted by Gasteiger charge is -2.05. The summed E-state index contributed by atoms with van der Waals surface area (Å²) in [5.41, 5.74) is 0. The Hall–Kier alpha value is -0.660. The maximum atomic E-state index is 11.0. The minimum atomic E-state index is -3.68. The largest absolute Gasteiger partial charge is 0.480 e. The summed E-state index contributed by atoms with van der Waals surface area (Å²) < 4.78 is 29.5. The van der Waals surface area contributed by atoms with E-state index in [0.717, 1.165) is 12.8 Å². The minimum absolute atomic E-state index is 0.210. The zero-order valence-corrected chi connectivity index (χ0v) is 10.3. The van der Waals surface area contributed by atoms with Gasteiger partial charge in [0.25, 0.3) is 0 Å². The van der Waals surface area contributed by atoms with Crippen molar-refractivity contribution in [3.05, 3.63) is 0 Å². The van der Waals surface area contributed by atoms with Gasteiger partial charge in [-0.05, 0) is 12.8 Å². The highest BCUT2D eigenvalue weighted by Crippen LogP contribution is 1.90. The molecule has 0 rings (SSSR count). The Morgan fingerprint density at radius 2 is 1.94 bits per heavy atom. The summed E-state index contributed by atoms with van der Waals surface area (Å²) >= 11 is 0. The van der Waals surface area contributed by atoms with Gasteiger partial charge in [-0.15, -0.1) is 0 Å². The van der Waals surface area contributed by atoms with Crippen molar-refractivity contribution in [3.8, 4) is 0 Å². The van der Waals surface area contributed by atoms with Gasteiger partial charge >= 0.3 is 5.97 Å². The Morgan fingerprint density at radius 1 is 1.31 bits per heavy atom. The number of ether oxygens (including phenoxy) is 1. The van der Waals surface area contributed by atoms with Crippen LogP contribution in [0.1, 0.15) is 26.2 Å². The van der Waals surface area contributed by atoms with Crippen LogP contribution in [0.15, 0.2) is 0 Å². The van der Waals surface area contributed by atoms with Gasteiger partial charge in [0.05, 0.1) is 0 Å². The van der Waals surface area contributed by atoms with Crippen LogP contribution in [0.25, 0.3) is 0 Å². The van der Waals surface area contributed by atoms with Gasteiger partial charge in [-0.1, -0.05) is 13.3 Å². The highest BCUT2D eigenvalue weighted by molar-refractivity contribution is 7.90. The maximum absolute atomic E-state index is 11.0. The molecule has 0 atom stereocenters. The van der Waals surface area contributed by atoms with E-state index < -0.39 is 21.7 Å². The predicted molar refractivity (Wildman–Crippen MR) is 59.8 cm³/mol. The number of carboxylic acids is 1. The molecule has 0 aliphatic rings. The van der Waals surface area contributed by atoms with Crippen LogP contribution >= 0.6 is 0 Å². The van der Waals surface area contributed by atoms with Crippen molar-refractivity contribution in [1.29, 1.82) is 0 Å². The van der Waals surface area contributed by atoms with Crippen LogP contribution in [0, 0.1) is 0 Å². The highest BCUT2D eigenvalue weighted by atomic mass is 32.2. The van der Waals surface area contributed by atoms with Gasteiger partial charge in [-0.2, -0.15) is 0 Å². The number of sulfonamides is 1. The first-order valence-corrected chi connectivity index (χ1v) is 6.90. The van der Waals surface area contributed by atoms with E-state index in [-0.39, 0.29) is 6.54 Å². The van der Waals surface area contributed by atoms with E-state index in [1.54, 1.807) is 0 Å². The number of carboxylic acid groups (broad SMARTS) is 1. The molecule has 0 aliphatic heterocycles.